The smallest absolute Gasteiger partial charge is 0.263 e. The first-order valence-electron chi connectivity index (χ1n) is 18.0. The Kier molecular flexibility index (Phi) is 8.27. The van der Waals surface area contributed by atoms with Gasteiger partial charge in [-0.05, 0) is 73.7 Å². The summed E-state index contributed by atoms with van der Waals surface area (Å²) in [6.45, 7) is 0.261. The largest absolute Gasteiger partial charge is 0.366 e. The molecule has 4 heterocycles. The summed E-state index contributed by atoms with van der Waals surface area (Å²) < 4.78 is 0. The predicted molar refractivity (Wildman–Crippen MR) is 208 cm³/mol. The van der Waals surface area contributed by atoms with Gasteiger partial charge in [0.1, 0.15) is 0 Å². The van der Waals surface area contributed by atoms with Crippen molar-refractivity contribution in [2.45, 2.75) is 25.7 Å². The summed E-state index contributed by atoms with van der Waals surface area (Å²) in [5.41, 5.74) is 8.76. The van der Waals surface area contributed by atoms with Crippen LogP contribution in [-0.4, -0.2) is 56.7 Å². The van der Waals surface area contributed by atoms with Gasteiger partial charge in [0.2, 0.25) is 0 Å². The van der Waals surface area contributed by atoms with E-state index in [2.05, 4.69) is 10.6 Å². The Morgan fingerprint density at radius 3 is 1.30 bits per heavy atom. The summed E-state index contributed by atoms with van der Waals surface area (Å²) in [6, 6.07) is 37.6. The summed E-state index contributed by atoms with van der Waals surface area (Å²) in [6.07, 6.45) is 4.23. The first-order chi connectivity index (χ1) is 26.5. The second-order valence-electron chi connectivity index (χ2n) is 13.5. The van der Waals surface area contributed by atoms with Gasteiger partial charge in [-0.1, -0.05) is 78.9 Å². The molecule has 0 saturated carbocycles. The molecule has 0 unspecified atom stereocenters. The maximum Gasteiger partial charge on any atom is 0.263 e. The fourth-order valence-corrected chi connectivity index (χ4v) is 7.69. The molecular weight excluding hydrogens is 677 g/mol. The SMILES string of the molecule is O=C1c2ccccc2C(=O)N1CNc1c2c(nc3ccccc13)CCCC2.O=C1c2ccccc2C(=O)N1CNc1c2ccccc2nc2ccccc12. The molecule has 10 heteroatoms. The second kappa shape index (κ2) is 13.6. The molecule has 0 spiro atoms. The lowest BCUT2D eigenvalue weighted by molar-refractivity contribution is 0.0650. The van der Waals surface area contributed by atoms with Crippen LogP contribution in [0.15, 0.2) is 121 Å². The lowest BCUT2D eigenvalue weighted by Gasteiger charge is -2.23. The number of hydrogen-bond donors (Lipinski definition) is 2. The molecule has 10 nitrogen and oxygen atoms in total. The van der Waals surface area contributed by atoms with E-state index in [0.717, 1.165) is 75.5 Å². The quantitative estimate of drug-likeness (QED) is 0.132. The monoisotopic (exact) mass is 710 g/mol. The minimum Gasteiger partial charge on any atom is -0.366 e. The lowest BCUT2D eigenvalue weighted by atomic mass is 9.93. The van der Waals surface area contributed by atoms with Gasteiger partial charge >= 0.3 is 0 Å². The zero-order valence-electron chi connectivity index (χ0n) is 29.2. The molecule has 3 aliphatic rings. The standard InChI is InChI=1S/C22H19N3O2.C22H15N3O2/c2*26-21-14-7-1-2-8-15(14)22(27)25(21)13-23-20-16-9-3-5-11-18(16)24-19-12-6-4-10-17(19)20/h1-3,5,7-9,11H,4,6,10,12-13H2,(H,23,24);1-12H,13H2,(H,23,24). The molecule has 54 heavy (non-hydrogen) atoms. The number of aromatic nitrogens is 2. The Morgan fingerprint density at radius 2 is 0.815 bits per heavy atom. The molecule has 4 amide bonds. The molecule has 0 saturated heterocycles. The van der Waals surface area contributed by atoms with Crippen LogP contribution in [0.25, 0.3) is 32.7 Å². The molecule has 0 radical (unpaired) electrons. The van der Waals surface area contributed by atoms with Crippen molar-refractivity contribution in [1.82, 2.24) is 19.8 Å². The Bertz CT molecular complexity index is 2570. The number of imide groups is 2. The zero-order chi connectivity index (χ0) is 36.8. The summed E-state index contributed by atoms with van der Waals surface area (Å²) in [7, 11) is 0. The van der Waals surface area contributed by atoms with Crippen LogP contribution in [0, 0.1) is 0 Å². The molecule has 0 fully saturated rings. The molecule has 2 N–H and O–H groups in total. The summed E-state index contributed by atoms with van der Waals surface area (Å²) in [5, 5.41) is 9.65. The average Bonchev–Trinajstić information content (AvgIpc) is 3.61. The number of para-hydroxylation sites is 3. The Balaban J connectivity index is 0.000000142. The molecule has 5 aromatic carbocycles. The number of carbonyl (C=O) groups is 4. The highest BCUT2D eigenvalue weighted by Crippen LogP contribution is 2.34. The van der Waals surface area contributed by atoms with Gasteiger partial charge in [0.25, 0.3) is 23.6 Å². The maximum atomic E-state index is 12.6. The number of amides is 4. The van der Waals surface area contributed by atoms with Gasteiger partial charge in [0, 0.05) is 27.5 Å². The second-order valence-corrected chi connectivity index (χ2v) is 13.5. The number of fused-ring (bicyclic) bond motifs is 6. The number of nitrogens with one attached hydrogen (secondary N) is 2. The number of carbonyl (C=O) groups excluding carboxylic acids is 4. The van der Waals surface area contributed by atoms with Crippen LogP contribution in [-0.2, 0) is 12.8 Å². The highest BCUT2D eigenvalue weighted by atomic mass is 16.2. The molecule has 264 valence electrons. The van der Waals surface area contributed by atoms with E-state index in [4.69, 9.17) is 9.97 Å². The minimum atomic E-state index is -0.272. The molecule has 2 aliphatic heterocycles. The van der Waals surface area contributed by atoms with Crippen LogP contribution < -0.4 is 10.6 Å². The van der Waals surface area contributed by atoms with Crippen molar-refractivity contribution in [2.24, 2.45) is 0 Å². The predicted octanol–water partition coefficient (Wildman–Crippen LogP) is 7.83. The van der Waals surface area contributed by atoms with Gasteiger partial charge in [-0.3, -0.25) is 34.0 Å². The van der Waals surface area contributed by atoms with E-state index in [-0.39, 0.29) is 37.0 Å². The van der Waals surface area contributed by atoms with Gasteiger partial charge in [-0.25, -0.2) is 4.98 Å². The van der Waals surface area contributed by atoms with Crippen molar-refractivity contribution in [3.63, 3.8) is 0 Å². The van der Waals surface area contributed by atoms with E-state index in [1.54, 1.807) is 48.5 Å². The number of hydrogen-bond acceptors (Lipinski definition) is 8. The van der Waals surface area contributed by atoms with E-state index in [9.17, 15) is 19.2 Å². The molecule has 0 atom stereocenters. The number of benzene rings is 5. The number of anilines is 2. The summed E-state index contributed by atoms with van der Waals surface area (Å²) >= 11 is 0. The minimum absolute atomic E-state index is 0.102. The maximum absolute atomic E-state index is 12.6. The fourth-order valence-electron chi connectivity index (χ4n) is 7.69. The molecule has 10 rings (SSSR count). The topological polar surface area (TPSA) is 125 Å². The van der Waals surface area contributed by atoms with Gasteiger partial charge in [-0.15, -0.1) is 0 Å². The Morgan fingerprint density at radius 1 is 0.444 bits per heavy atom. The summed E-state index contributed by atoms with van der Waals surface area (Å²) in [4.78, 5) is 62.5. The van der Waals surface area contributed by atoms with Crippen molar-refractivity contribution in [3.05, 3.63) is 155 Å². The number of aryl methyl sites for hydroxylation is 1. The van der Waals surface area contributed by atoms with E-state index in [0.29, 0.717) is 22.3 Å². The average molecular weight is 711 g/mol. The molecular formula is C44H34N6O4. The highest BCUT2D eigenvalue weighted by molar-refractivity contribution is 6.22. The molecule has 1 aliphatic carbocycles. The van der Waals surface area contributed by atoms with E-state index in [1.165, 1.54) is 15.4 Å². The third-order valence-corrected chi connectivity index (χ3v) is 10.3. The summed E-state index contributed by atoms with van der Waals surface area (Å²) in [5.74, 6) is -1.03. The van der Waals surface area contributed by atoms with E-state index in [1.807, 2.05) is 72.8 Å². The molecule has 0 bridgehead atoms. The van der Waals surface area contributed by atoms with Crippen LogP contribution in [0.1, 0.15) is 65.5 Å². The highest BCUT2D eigenvalue weighted by Gasteiger charge is 2.36. The number of rotatable bonds is 6. The zero-order valence-corrected chi connectivity index (χ0v) is 29.2. The van der Waals surface area contributed by atoms with Crippen LogP contribution in [0.4, 0.5) is 11.4 Å². The molecule has 7 aromatic rings. The van der Waals surface area contributed by atoms with Crippen LogP contribution >= 0.6 is 0 Å². The van der Waals surface area contributed by atoms with Crippen molar-refractivity contribution in [3.8, 4) is 0 Å². The van der Waals surface area contributed by atoms with Gasteiger partial charge < -0.3 is 10.6 Å². The van der Waals surface area contributed by atoms with Crippen LogP contribution in [0.5, 0.6) is 0 Å². The van der Waals surface area contributed by atoms with Crippen molar-refractivity contribution in [1.29, 1.82) is 0 Å². The number of nitrogens with zero attached hydrogens (tertiary/aromatic N) is 4. The molecule has 2 aromatic heterocycles. The normalized spacial score (nSPS) is 14.6. The lowest BCUT2D eigenvalue weighted by Crippen LogP contribution is -2.35. The first-order valence-corrected chi connectivity index (χ1v) is 18.0. The first kappa shape index (κ1) is 32.9. The van der Waals surface area contributed by atoms with E-state index >= 15 is 0 Å². The third-order valence-electron chi connectivity index (χ3n) is 10.3. The van der Waals surface area contributed by atoms with Gasteiger partial charge in [0.05, 0.1) is 57.8 Å². The van der Waals surface area contributed by atoms with Crippen molar-refractivity contribution < 1.29 is 19.2 Å². The van der Waals surface area contributed by atoms with E-state index < -0.39 is 0 Å². The van der Waals surface area contributed by atoms with Crippen molar-refractivity contribution in [2.75, 3.05) is 24.0 Å². The van der Waals surface area contributed by atoms with Gasteiger partial charge in [0.15, 0.2) is 0 Å². The van der Waals surface area contributed by atoms with Crippen LogP contribution in [0.3, 0.4) is 0 Å². The fraction of sp³-hybridized carbons (Fsp3) is 0.136. The van der Waals surface area contributed by atoms with Crippen LogP contribution in [0.2, 0.25) is 0 Å². The number of pyridine rings is 2. The third kappa shape index (κ3) is 5.59. The van der Waals surface area contributed by atoms with Crippen molar-refractivity contribution >= 4 is 67.7 Å². The Hall–Kier alpha value is -6.94. The Labute approximate surface area is 310 Å². The van der Waals surface area contributed by atoms with Gasteiger partial charge in [-0.2, -0.15) is 0 Å².